The van der Waals surface area contributed by atoms with Gasteiger partial charge in [0.1, 0.15) is 17.5 Å². The van der Waals surface area contributed by atoms with E-state index in [-0.39, 0.29) is 5.04 Å². The monoisotopic (exact) mass is 435 g/mol. The Hall–Kier alpha value is -1.97. The molecule has 0 saturated heterocycles. The van der Waals surface area contributed by atoms with Gasteiger partial charge in [0.05, 0.1) is 11.4 Å². The number of alkyl halides is 1. The molecule has 0 aliphatic heterocycles. The normalized spacial score (nSPS) is 12.0. The highest BCUT2D eigenvalue weighted by Crippen LogP contribution is 2.38. The number of benzene rings is 1. The third-order valence-corrected chi connectivity index (χ3v) is 10.3. The van der Waals surface area contributed by atoms with Crippen LogP contribution in [-0.4, -0.2) is 18.8 Å². The van der Waals surface area contributed by atoms with E-state index in [4.69, 9.17) is 16.0 Å². The fourth-order valence-electron chi connectivity index (χ4n) is 2.81. The molecule has 0 bridgehead atoms. The van der Waals surface area contributed by atoms with E-state index in [9.17, 15) is 5.26 Å². The third kappa shape index (κ3) is 5.34. The van der Waals surface area contributed by atoms with Gasteiger partial charge in [0, 0.05) is 24.2 Å². The SMILES string of the molecule is Cc1c(N(F)c2ccc(O[Si](C)(C)C(C)(C)C)cc2)cc(C#N)n1CCCCCl. The number of unbranched alkanes of at least 4 members (excludes halogenated alkanes) is 1. The molecule has 2 rings (SSSR count). The molecule has 1 aromatic heterocycles. The first kappa shape index (κ1) is 23.3. The predicted molar refractivity (Wildman–Crippen MR) is 121 cm³/mol. The minimum absolute atomic E-state index is 0.0922. The van der Waals surface area contributed by atoms with E-state index >= 15 is 4.48 Å². The Labute approximate surface area is 179 Å². The predicted octanol–water partition coefficient (Wildman–Crippen LogP) is 7.09. The van der Waals surface area contributed by atoms with Gasteiger partial charge < -0.3 is 8.99 Å². The van der Waals surface area contributed by atoms with Crippen molar-refractivity contribution in [3.05, 3.63) is 41.7 Å². The maximum atomic E-state index is 15.2. The third-order valence-electron chi connectivity index (χ3n) is 5.67. The Kier molecular flexibility index (Phi) is 7.42. The van der Waals surface area contributed by atoms with Crippen LogP contribution in [-0.2, 0) is 6.54 Å². The van der Waals surface area contributed by atoms with Crippen LogP contribution < -0.4 is 9.55 Å². The molecule has 0 N–H and O–H groups in total. The van der Waals surface area contributed by atoms with Crippen LogP contribution in [0.4, 0.5) is 15.9 Å². The average molecular weight is 436 g/mol. The van der Waals surface area contributed by atoms with Crippen molar-refractivity contribution < 1.29 is 8.91 Å². The smallest absolute Gasteiger partial charge is 0.250 e. The maximum absolute atomic E-state index is 15.2. The van der Waals surface area contributed by atoms with Crippen LogP contribution in [0.25, 0.3) is 0 Å². The zero-order valence-corrected chi connectivity index (χ0v) is 20.0. The zero-order chi connectivity index (χ0) is 21.8. The van der Waals surface area contributed by atoms with Gasteiger partial charge in [0.25, 0.3) is 0 Å². The van der Waals surface area contributed by atoms with Crippen molar-refractivity contribution in [1.29, 1.82) is 5.26 Å². The van der Waals surface area contributed by atoms with E-state index in [2.05, 4.69) is 39.9 Å². The lowest BCUT2D eigenvalue weighted by Gasteiger charge is -2.36. The second kappa shape index (κ2) is 9.23. The molecule has 0 spiro atoms. The van der Waals surface area contributed by atoms with Crippen molar-refractivity contribution in [3.8, 4) is 11.8 Å². The van der Waals surface area contributed by atoms with Crippen LogP contribution in [0.15, 0.2) is 30.3 Å². The summed E-state index contributed by atoms with van der Waals surface area (Å²) in [5.41, 5.74) is 1.95. The van der Waals surface area contributed by atoms with Gasteiger partial charge in [0.2, 0.25) is 8.32 Å². The summed E-state index contributed by atoms with van der Waals surface area (Å²) in [4.78, 5) is 0. The van der Waals surface area contributed by atoms with Gasteiger partial charge in [-0.05, 0) is 62.2 Å². The van der Waals surface area contributed by atoms with Crippen LogP contribution in [0.2, 0.25) is 18.1 Å². The lowest BCUT2D eigenvalue weighted by Crippen LogP contribution is -2.43. The minimum atomic E-state index is -1.94. The summed E-state index contributed by atoms with van der Waals surface area (Å²) in [6, 6.07) is 10.8. The highest BCUT2D eigenvalue weighted by atomic mass is 35.5. The standard InChI is InChI=1S/C22H31ClFN3OSi/c1-17-21(15-19(16-25)26(17)14-8-7-13-23)27(24)18-9-11-20(12-10-18)28-29(5,6)22(2,3)4/h9-12,15H,7-8,13-14H2,1-6H3. The number of nitriles is 1. The molecule has 1 aromatic carbocycles. The first-order valence-electron chi connectivity index (χ1n) is 9.93. The van der Waals surface area contributed by atoms with Crippen LogP contribution in [0.1, 0.15) is 45.0 Å². The first-order chi connectivity index (χ1) is 13.5. The molecule has 158 valence electrons. The number of nitrogens with zero attached hydrogens (tertiary/aromatic N) is 3. The highest BCUT2D eigenvalue weighted by molar-refractivity contribution is 6.74. The molecule has 0 fully saturated rings. The van der Waals surface area contributed by atoms with E-state index in [0.29, 0.717) is 34.6 Å². The fourth-order valence-corrected chi connectivity index (χ4v) is 4.03. The van der Waals surface area contributed by atoms with Gasteiger partial charge in [-0.3, -0.25) is 0 Å². The zero-order valence-electron chi connectivity index (χ0n) is 18.2. The molecule has 0 amide bonds. The molecule has 7 heteroatoms. The van der Waals surface area contributed by atoms with Gasteiger partial charge >= 0.3 is 0 Å². The molecule has 2 aromatic rings. The van der Waals surface area contributed by atoms with Crippen molar-refractivity contribution in [3.63, 3.8) is 0 Å². The molecule has 0 aliphatic carbocycles. The molecule has 1 heterocycles. The van der Waals surface area contributed by atoms with Crippen LogP contribution >= 0.6 is 11.6 Å². The van der Waals surface area contributed by atoms with Crippen LogP contribution in [0.3, 0.4) is 0 Å². The molecule has 0 unspecified atom stereocenters. The second-order valence-corrected chi connectivity index (χ2v) is 13.9. The molecule has 0 aliphatic rings. The highest BCUT2D eigenvalue weighted by Gasteiger charge is 2.38. The summed E-state index contributed by atoms with van der Waals surface area (Å²) < 4.78 is 23.3. The Bertz CT molecular complexity index is 866. The second-order valence-electron chi connectivity index (χ2n) is 8.80. The van der Waals surface area contributed by atoms with Crippen molar-refractivity contribution in [2.45, 2.75) is 65.2 Å². The topological polar surface area (TPSA) is 41.2 Å². The van der Waals surface area contributed by atoms with Gasteiger partial charge in [-0.2, -0.15) is 10.4 Å². The van der Waals surface area contributed by atoms with Gasteiger partial charge in [-0.25, -0.2) is 0 Å². The number of hydrogen-bond donors (Lipinski definition) is 0. The molecule has 4 nitrogen and oxygen atoms in total. The van der Waals surface area contributed by atoms with E-state index < -0.39 is 8.32 Å². The number of anilines is 2. The fraction of sp³-hybridized carbons (Fsp3) is 0.500. The van der Waals surface area contributed by atoms with Crippen LogP contribution in [0.5, 0.6) is 5.75 Å². The average Bonchev–Trinajstić information content (AvgIpc) is 2.97. The van der Waals surface area contributed by atoms with E-state index in [1.54, 1.807) is 30.3 Å². The molecule has 0 radical (unpaired) electrons. The van der Waals surface area contributed by atoms with E-state index in [0.717, 1.165) is 24.3 Å². The van der Waals surface area contributed by atoms with Gasteiger partial charge in [-0.1, -0.05) is 25.3 Å². The Morgan fingerprint density at radius 2 is 1.83 bits per heavy atom. The van der Waals surface area contributed by atoms with Crippen molar-refractivity contribution in [1.82, 2.24) is 4.57 Å². The number of rotatable bonds is 8. The lowest BCUT2D eigenvalue weighted by molar-refractivity contribution is 0.489. The van der Waals surface area contributed by atoms with Crippen molar-refractivity contribution in [2.24, 2.45) is 0 Å². The Morgan fingerprint density at radius 3 is 2.34 bits per heavy atom. The number of hydrogen-bond acceptors (Lipinski definition) is 3. The summed E-state index contributed by atoms with van der Waals surface area (Å²) in [7, 11) is -1.94. The van der Waals surface area contributed by atoms with E-state index in [1.807, 2.05) is 11.5 Å². The van der Waals surface area contributed by atoms with Crippen molar-refractivity contribution >= 4 is 31.3 Å². The quantitative estimate of drug-likeness (QED) is 0.192. The summed E-state index contributed by atoms with van der Waals surface area (Å²) >= 11 is 5.74. The summed E-state index contributed by atoms with van der Waals surface area (Å²) in [6.45, 7) is 13.4. The minimum Gasteiger partial charge on any atom is -0.544 e. The Balaban J connectivity index is 2.23. The van der Waals surface area contributed by atoms with Crippen LogP contribution in [0, 0.1) is 18.3 Å². The molecular formula is C22H31ClFN3OSi. The van der Waals surface area contributed by atoms with Gasteiger partial charge in [0.15, 0.2) is 0 Å². The largest absolute Gasteiger partial charge is 0.544 e. The number of halogens is 2. The Morgan fingerprint density at radius 1 is 1.21 bits per heavy atom. The molecular weight excluding hydrogens is 405 g/mol. The van der Waals surface area contributed by atoms with E-state index in [1.165, 1.54) is 0 Å². The first-order valence-corrected chi connectivity index (χ1v) is 13.4. The lowest BCUT2D eigenvalue weighted by atomic mass is 10.2. The number of aromatic nitrogens is 1. The summed E-state index contributed by atoms with van der Waals surface area (Å²) in [5.74, 6) is 1.33. The molecule has 0 saturated carbocycles. The summed E-state index contributed by atoms with van der Waals surface area (Å²) in [6.07, 6.45) is 1.70. The molecule has 29 heavy (non-hydrogen) atoms. The summed E-state index contributed by atoms with van der Waals surface area (Å²) in [5, 5.41) is 10.1. The van der Waals surface area contributed by atoms with Gasteiger partial charge in [-0.15, -0.1) is 11.6 Å². The molecule has 0 atom stereocenters. The van der Waals surface area contributed by atoms with Crippen molar-refractivity contribution in [2.75, 3.05) is 11.0 Å². The maximum Gasteiger partial charge on any atom is 0.250 e.